The molecule has 30 heavy (non-hydrogen) atoms. The van der Waals surface area contributed by atoms with Crippen LogP contribution in [0, 0.1) is 0 Å². The number of carbonyl (C=O) groups is 1. The topological polar surface area (TPSA) is 56.6 Å². The lowest BCUT2D eigenvalue weighted by Gasteiger charge is -2.44. The zero-order valence-electron chi connectivity index (χ0n) is 16.9. The van der Waals surface area contributed by atoms with Crippen molar-refractivity contribution in [2.75, 3.05) is 20.2 Å². The van der Waals surface area contributed by atoms with E-state index in [0.717, 1.165) is 22.6 Å². The van der Waals surface area contributed by atoms with E-state index in [2.05, 4.69) is 11.2 Å². The van der Waals surface area contributed by atoms with Crippen LogP contribution in [0.3, 0.4) is 0 Å². The molecule has 1 saturated heterocycles. The average molecular weight is 424 g/mol. The third kappa shape index (κ3) is 2.86. The Labute approximate surface area is 180 Å². The summed E-state index contributed by atoms with van der Waals surface area (Å²) in [6.45, 7) is 1.15. The third-order valence-corrected chi connectivity index (χ3v) is 6.36. The Kier molecular flexibility index (Phi) is 4.47. The number of carbonyl (C=O) groups excluding carboxylic acids is 1. The van der Waals surface area contributed by atoms with Crippen molar-refractivity contribution < 1.29 is 14.3 Å². The minimum absolute atomic E-state index is 0.0770. The van der Waals surface area contributed by atoms with E-state index in [0.29, 0.717) is 42.3 Å². The van der Waals surface area contributed by atoms with Crippen LogP contribution in [-0.2, 0) is 12.6 Å². The van der Waals surface area contributed by atoms with Gasteiger partial charge in [-0.2, -0.15) is 5.10 Å². The van der Waals surface area contributed by atoms with E-state index in [9.17, 15) is 4.79 Å². The van der Waals surface area contributed by atoms with Gasteiger partial charge in [0.2, 0.25) is 0 Å². The lowest BCUT2D eigenvalue weighted by Crippen LogP contribution is -2.49. The fourth-order valence-corrected chi connectivity index (χ4v) is 4.74. The summed E-state index contributed by atoms with van der Waals surface area (Å²) >= 11 is 6.12. The highest BCUT2D eigenvalue weighted by molar-refractivity contribution is 6.31. The molecule has 0 radical (unpaired) electrons. The van der Waals surface area contributed by atoms with Gasteiger partial charge in [-0.25, -0.2) is 0 Å². The molecule has 3 heterocycles. The van der Waals surface area contributed by atoms with Crippen molar-refractivity contribution >= 4 is 17.5 Å². The maximum Gasteiger partial charge on any atom is 0.257 e. The van der Waals surface area contributed by atoms with Gasteiger partial charge < -0.3 is 14.4 Å². The highest BCUT2D eigenvalue weighted by atomic mass is 35.5. The van der Waals surface area contributed by atoms with E-state index in [1.807, 2.05) is 41.0 Å². The van der Waals surface area contributed by atoms with Crippen LogP contribution in [0.1, 0.15) is 28.8 Å². The van der Waals surface area contributed by atoms with Crippen molar-refractivity contribution in [3.8, 4) is 22.8 Å². The molecule has 7 heteroatoms. The summed E-state index contributed by atoms with van der Waals surface area (Å²) in [7, 11) is 3.52. The van der Waals surface area contributed by atoms with Crippen LogP contribution in [0.15, 0.2) is 48.7 Å². The van der Waals surface area contributed by atoms with Gasteiger partial charge in [0.15, 0.2) is 0 Å². The van der Waals surface area contributed by atoms with Crippen molar-refractivity contribution in [1.82, 2.24) is 14.7 Å². The number of ether oxygens (including phenoxy) is 2. The molecule has 3 aromatic rings. The Morgan fingerprint density at radius 1 is 1.20 bits per heavy atom. The minimum Gasteiger partial charge on any atom is -0.496 e. The SMILES string of the molecule is COc1ccc(Cl)cc1C(=O)N1CCC2(CC1)Oc1ccccc1-c1c2cnn1C. The molecule has 5 rings (SSSR count). The van der Waals surface area contributed by atoms with Crippen LogP contribution >= 0.6 is 11.6 Å². The van der Waals surface area contributed by atoms with Crippen molar-refractivity contribution in [2.45, 2.75) is 18.4 Å². The van der Waals surface area contributed by atoms with Crippen LogP contribution in [-0.4, -0.2) is 40.8 Å². The predicted octanol–water partition coefficient (Wildman–Crippen LogP) is 4.27. The molecule has 1 amide bonds. The Balaban J connectivity index is 1.44. The van der Waals surface area contributed by atoms with Crippen molar-refractivity contribution in [3.63, 3.8) is 0 Å². The Bertz CT molecular complexity index is 1130. The summed E-state index contributed by atoms with van der Waals surface area (Å²) in [5, 5.41) is 5.02. The van der Waals surface area contributed by atoms with Crippen molar-refractivity contribution in [1.29, 1.82) is 0 Å². The number of methoxy groups -OCH3 is 1. The molecule has 2 aliphatic rings. The second kappa shape index (κ2) is 7.06. The molecule has 0 bridgehead atoms. The summed E-state index contributed by atoms with van der Waals surface area (Å²) in [5.74, 6) is 1.32. The van der Waals surface area contributed by atoms with Gasteiger partial charge in [0.1, 0.15) is 17.1 Å². The molecule has 0 N–H and O–H groups in total. The maximum atomic E-state index is 13.2. The molecular formula is C23H22ClN3O3. The van der Waals surface area contributed by atoms with E-state index in [-0.39, 0.29) is 5.91 Å². The summed E-state index contributed by atoms with van der Waals surface area (Å²) in [4.78, 5) is 15.0. The fourth-order valence-electron chi connectivity index (χ4n) is 4.57. The molecule has 1 aromatic heterocycles. The van der Waals surface area contributed by atoms with Crippen LogP contribution in [0.5, 0.6) is 11.5 Å². The van der Waals surface area contributed by atoms with E-state index in [1.165, 1.54) is 0 Å². The first-order chi connectivity index (χ1) is 14.5. The summed E-state index contributed by atoms with van der Waals surface area (Å²) in [6.07, 6.45) is 3.28. The standard InChI is InChI=1S/C23H22ClN3O3/c1-26-21-16-5-3-4-6-20(16)30-23(18(21)14-25-26)9-11-27(12-10-23)22(28)17-13-15(24)7-8-19(17)29-2/h3-8,13-14H,9-12H2,1-2H3. The van der Waals surface area contributed by atoms with E-state index >= 15 is 0 Å². The molecule has 0 saturated carbocycles. The largest absolute Gasteiger partial charge is 0.496 e. The molecule has 1 spiro atoms. The van der Waals surface area contributed by atoms with Crippen LogP contribution in [0.25, 0.3) is 11.3 Å². The zero-order valence-corrected chi connectivity index (χ0v) is 17.6. The zero-order chi connectivity index (χ0) is 20.9. The number of fused-ring (bicyclic) bond motifs is 4. The number of hydrogen-bond donors (Lipinski definition) is 0. The van der Waals surface area contributed by atoms with Gasteiger partial charge >= 0.3 is 0 Å². The Morgan fingerprint density at radius 2 is 1.97 bits per heavy atom. The lowest BCUT2D eigenvalue weighted by atomic mass is 9.81. The fraction of sp³-hybridized carbons (Fsp3) is 0.304. The predicted molar refractivity (Wildman–Crippen MR) is 114 cm³/mol. The normalized spacial score (nSPS) is 16.6. The van der Waals surface area contributed by atoms with E-state index in [1.54, 1.807) is 25.3 Å². The van der Waals surface area contributed by atoms with Gasteiger partial charge in [0.05, 0.1) is 24.6 Å². The number of aryl methyl sites for hydroxylation is 1. The first-order valence-corrected chi connectivity index (χ1v) is 10.3. The van der Waals surface area contributed by atoms with Crippen LogP contribution in [0.2, 0.25) is 5.02 Å². The number of likely N-dealkylation sites (tertiary alicyclic amines) is 1. The van der Waals surface area contributed by atoms with Gasteiger partial charge in [-0.3, -0.25) is 9.48 Å². The van der Waals surface area contributed by atoms with Gasteiger partial charge in [-0.1, -0.05) is 23.7 Å². The highest BCUT2D eigenvalue weighted by Gasteiger charge is 2.46. The van der Waals surface area contributed by atoms with Crippen LogP contribution < -0.4 is 9.47 Å². The number of benzene rings is 2. The van der Waals surface area contributed by atoms with Gasteiger partial charge in [0.25, 0.3) is 5.91 Å². The number of aromatic nitrogens is 2. The molecule has 6 nitrogen and oxygen atoms in total. The summed E-state index contributed by atoms with van der Waals surface area (Å²) in [5.41, 5.74) is 3.25. The quantitative estimate of drug-likeness (QED) is 0.617. The second-order valence-corrected chi connectivity index (χ2v) is 8.20. The van der Waals surface area contributed by atoms with Crippen molar-refractivity contribution in [2.24, 2.45) is 7.05 Å². The Morgan fingerprint density at radius 3 is 2.73 bits per heavy atom. The smallest absolute Gasteiger partial charge is 0.257 e. The summed E-state index contributed by atoms with van der Waals surface area (Å²) in [6, 6.07) is 13.2. The molecule has 154 valence electrons. The number of piperidine rings is 1. The summed E-state index contributed by atoms with van der Waals surface area (Å²) < 4.78 is 13.8. The van der Waals surface area contributed by atoms with E-state index in [4.69, 9.17) is 21.1 Å². The van der Waals surface area contributed by atoms with E-state index < -0.39 is 5.60 Å². The lowest BCUT2D eigenvalue weighted by molar-refractivity contribution is -0.00179. The molecule has 2 aliphatic heterocycles. The number of amides is 1. The molecule has 0 aliphatic carbocycles. The molecule has 1 fully saturated rings. The number of nitrogens with zero attached hydrogens (tertiary/aromatic N) is 3. The first-order valence-electron chi connectivity index (χ1n) is 9.96. The Hall–Kier alpha value is -2.99. The minimum atomic E-state index is -0.479. The maximum absolute atomic E-state index is 13.2. The highest BCUT2D eigenvalue weighted by Crippen LogP contribution is 2.49. The molecule has 2 aromatic carbocycles. The van der Waals surface area contributed by atoms with Gasteiger partial charge in [-0.05, 0) is 30.3 Å². The molecule has 0 unspecified atom stereocenters. The average Bonchev–Trinajstić information content (AvgIpc) is 3.17. The third-order valence-electron chi connectivity index (χ3n) is 6.13. The van der Waals surface area contributed by atoms with Gasteiger partial charge in [0, 0.05) is 49.1 Å². The van der Waals surface area contributed by atoms with Gasteiger partial charge in [-0.15, -0.1) is 0 Å². The molecule has 0 atom stereocenters. The monoisotopic (exact) mass is 423 g/mol. The number of rotatable bonds is 2. The number of hydrogen-bond acceptors (Lipinski definition) is 4. The van der Waals surface area contributed by atoms with Crippen molar-refractivity contribution in [3.05, 3.63) is 64.8 Å². The first kappa shape index (κ1) is 19.0. The number of halogens is 1. The molecular weight excluding hydrogens is 402 g/mol. The second-order valence-electron chi connectivity index (χ2n) is 7.76. The van der Waals surface area contributed by atoms with Crippen LogP contribution in [0.4, 0.5) is 0 Å². The number of para-hydroxylation sites is 1.